The molecule has 0 aromatic heterocycles. The lowest BCUT2D eigenvalue weighted by Crippen LogP contribution is -2.61. The molecule has 232 valence electrons. The zero-order chi connectivity index (χ0) is 30.9. The number of hydrogen-bond donors (Lipinski definition) is 0. The standard InChI is InChI=1S/C37H38N2O6/c1-38-13-11-24-18-31-33-20-27(24)28(38)15-22-5-8-26(9-6-22)44-32-17-23(7-10-30(32)41-3)16-29-35-25(12-14-39(29)2)19-34(42-4)36(40)37(35,45-33)21-43-31/h5-10,17-20,28-29H,11-16,21H2,1-4H3. The van der Waals surface area contributed by atoms with E-state index in [2.05, 4.69) is 54.2 Å². The number of nitrogens with zero attached hydrogens (tertiary/aromatic N) is 2. The Balaban J connectivity index is 1.34. The summed E-state index contributed by atoms with van der Waals surface area (Å²) < 4.78 is 31.4. The third-order valence-corrected chi connectivity index (χ3v) is 10.3. The van der Waals surface area contributed by atoms with Gasteiger partial charge in [-0.25, -0.2) is 0 Å². The summed E-state index contributed by atoms with van der Waals surface area (Å²) >= 11 is 0. The summed E-state index contributed by atoms with van der Waals surface area (Å²) in [4.78, 5) is 19.1. The van der Waals surface area contributed by atoms with E-state index in [1.54, 1.807) is 14.2 Å². The summed E-state index contributed by atoms with van der Waals surface area (Å²) in [5.41, 5.74) is 5.44. The van der Waals surface area contributed by atoms with Crippen LogP contribution >= 0.6 is 0 Å². The van der Waals surface area contributed by atoms with E-state index in [0.29, 0.717) is 35.2 Å². The molecule has 0 saturated heterocycles. The van der Waals surface area contributed by atoms with E-state index in [1.807, 2.05) is 30.3 Å². The summed E-state index contributed by atoms with van der Waals surface area (Å²) in [6, 6.07) is 18.7. The Morgan fingerprint density at radius 1 is 0.822 bits per heavy atom. The molecule has 6 aliphatic rings. The first-order valence-corrected chi connectivity index (χ1v) is 15.7. The van der Waals surface area contributed by atoms with Crippen LogP contribution in [0, 0.1) is 0 Å². The lowest BCUT2D eigenvalue weighted by atomic mass is 9.72. The van der Waals surface area contributed by atoms with E-state index in [4.69, 9.17) is 23.7 Å². The van der Waals surface area contributed by atoms with Gasteiger partial charge in [-0.15, -0.1) is 0 Å². The highest BCUT2D eigenvalue weighted by Gasteiger charge is 2.56. The summed E-state index contributed by atoms with van der Waals surface area (Å²) in [6.07, 6.45) is 5.09. The van der Waals surface area contributed by atoms with Gasteiger partial charge in [0.05, 0.1) is 14.2 Å². The molecule has 3 unspecified atom stereocenters. The Hall–Kier alpha value is -4.27. The number of hydrogen-bond acceptors (Lipinski definition) is 8. The molecular formula is C37H38N2O6. The number of allylic oxidation sites excluding steroid dienone is 1. The molecule has 0 radical (unpaired) electrons. The minimum Gasteiger partial charge on any atom is -0.493 e. The SMILES string of the molecule is COC1=CC2=C3C(Cc4ccc(OC)c(c4)Oc4ccc(cc4)CC4c5cc6c(cc5CCN4C)OCC3(O6)C1=O)N(C)CC2. The fourth-order valence-electron chi connectivity index (χ4n) is 7.78. The maximum atomic E-state index is 14.4. The van der Waals surface area contributed by atoms with Gasteiger partial charge < -0.3 is 23.7 Å². The molecule has 7 bridgehead atoms. The molecule has 5 heterocycles. The van der Waals surface area contributed by atoms with Crippen LogP contribution in [-0.4, -0.2) is 75.2 Å². The van der Waals surface area contributed by atoms with Gasteiger partial charge in [0.2, 0.25) is 11.4 Å². The number of carbonyl (C=O) groups excluding carboxylic acids is 1. The molecule has 3 aromatic rings. The van der Waals surface area contributed by atoms with Crippen LogP contribution in [0.5, 0.6) is 28.7 Å². The minimum atomic E-state index is -1.33. The highest BCUT2D eigenvalue weighted by Crippen LogP contribution is 2.49. The molecule has 3 aromatic carbocycles. The zero-order valence-corrected chi connectivity index (χ0v) is 26.2. The van der Waals surface area contributed by atoms with Gasteiger partial charge in [0, 0.05) is 30.7 Å². The molecule has 8 heteroatoms. The second-order valence-electron chi connectivity index (χ2n) is 12.8. The van der Waals surface area contributed by atoms with Crippen LogP contribution in [0.4, 0.5) is 0 Å². The van der Waals surface area contributed by atoms with Crippen molar-refractivity contribution in [3.8, 4) is 28.7 Å². The van der Waals surface area contributed by atoms with Gasteiger partial charge >= 0.3 is 0 Å². The van der Waals surface area contributed by atoms with E-state index in [9.17, 15) is 4.79 Å². The van der Waals surface area contributed by atoms with Gasteiger partial charge in [-0.05, 0) is 110 Å². The maximum absolute atomic E-state index is 14.4. The van der Waals surface area contributed by atoms with Crippen LogP contribution in [0.15, 0.2) is 77.6 Å². The average Bonchev–Trinajstić information content (AvgIpc) is 3.05. The number of ether oxygens (including phenoxy) is 5. The molecule has 0 N–H and O–H groups in total. The molecule has 1 aliphatic carbocycles. The van der Waals surface area contributed by atoms with Crippen LogP contribution in [0.1, 0.15) is 34.7 Å². The first-order valence-electron chi connectivity index (χ1n) is 15.7. The van der Waals surface area contributed by atoms with Crippen molar-refractivity contribution < 1.29 is 28.5 Å². The monoisotopic (exact) mass is 606 g/mol. The van der Waals surface area contributed by atoms with E-state index in [-0.39, 0.29) is 24.5 Å². The highest BCUT2D eigenvalue weighted by molar-refractivity contribution is 6.05. The van der Waals surface area contributed by atoms with Crippen molar-refractivity contribution in [2.75, 3.05) is 48.0 Å². The predicted molar refractivity (Wildman–Crippen MR) is 169 cm³/mol. The Morgan fingerprint density at radius 3 is 2.38 bits per heavy atom. The third kappa shape index (κ3) is 4.53. The highest BCUT2D eigenvalue weighted by atomic mass is 16.6. The molecule has 45 heavy (non-hydrogen) atoms. The van der Waals surface area contributed by atoms with E-state index in [1.165, 1.54) is 16.7 Å². The fourth-order valence-corrected chi connectivity index (χ4v) is 7.78. The van der Waals surface area contributed by atoms with E-state index >= 15 is 0 Å². The second kappa shape index (κ2) is 10.7. The average molecular weight is 607 g/mol. The number of Topliss-reactive ketones (excluding diaryl/α,β-unsaturated/α-hetero) is 1. The quantitative estimate of drug-likeness (QED) is 0.382. The van der Waals surface area contributed by atoms with Gasteiger partial charge in [0.1, 0.15) is 12.4 Å². The molecule has 0 saturated carbocycles. The topological polar surface area (TPSA) is 69.7 Å². The number of ketones is 1. The number of carbonyl (C=O) groups is 1. The first-order chi connectivity index (χ1) is 21.9. The Labute approximate surface area is 263 Å². The van der Waals surface area contributed by atoms with Gasteiger partial charge in [0.25, 0.3) is 0 Å². The molecule has 0 fully saturated rings. The fraction of sp³-hybridized carbons (Fsp3) is 0.378. The second-order valence-corrected chi connectivity index (χ2v) is 12.8. The van der Waals surface area contributed by atoms with Crippen molar-refractivity contribution in [1.82, 2.24) is 9.80 Å². The van der Waals surface area contributed by atoms with Gasteiger partial charge in [-0.1, -0.05) is 18.2 Å². The summed E-state index contributed by atoms with van der Waals surface area (Å²) in [7, 11) is 7.50. The van der Waals surface area contributed by atoms with Gasteiger partial charge in [-0.2, -0.15) is 0 Å². The van der Waals surface area contributed by atoms with Crippen molar-refractivity contribution >= 4 is 5.78 Å². The van der Waals surface area contributed by atoms with Crippen molar-refractivity contribution in [2.24, 2.45) is 0 Å². The first kappa shape index (κ1) is 28.2. The Morgan fingerprint density at radius 2 is 1.58 bits per heavy atom. The molecule has 9 rings (SSSR count). The normalized spacial score (nSPS) is 25.7. The van der Waals surface area contributed by atoms with Crippen LogP contribution in [0.25, 0.3) is 0 Å². The van der Waals surface area contributed by atoms with E-state index in [0.717, 1.165) is 54.8 Å². The van der Waals surface area contributed by atoms with Crippen molar-refractivity contribution in [3.05, 3.63) is 99.8 Å². The van der Waals surface area contributed by atoms with Crippen molar-refractivity contribution in [2.45, 2.75) is 43.4 Å². The molecule has 0 amide bonds. The van der Waals surface area contributed by atoms with E-state index < -0.39 is 5.60 Å². The Kier molecular flexibility index (Phi) is 6.69. The molecule has 5 aliphatic heterocycles. The number of rotatable bonds is 2. The predicted octanol–water partition coefficient (Wildman–Crippen LogP) is 5.44. The molecule has 3 atom stereocenters. The summed E-state index contributed by atoms with van der Waals surface area (Å²) in [5.74, 6) is 3.50. The molecular weight excluding hydrogens is 568 g/mol. The number of fused-ring (bicyclic) bond motifs is 2. The van der Waals surface area contributed by atoms with Gasteiger partial charge in [0.15, 0.2) is 28.8 Å². The molecule has 8 nitrogen and oxygen atoms in total. The number of likely N-dealkylation sites (N-methyl/N-ethyl adjacent to an activating group) is 2. The van der Waals surface area contributed by atoms with Crippen LogP contribution < -0.4 is 18.9 Å². The maximum Gasteiger partial charge on any atom is 0.248 e. The third-order valence-electron chi connectivity index (χ3n) is 10.3. The van der Waals surface area contributed by atoms with Crippen LogP contribution in [0.2, 0.25) is 0 Å². The number of benzene rings is 3. The summed E-state index contributed by atoms with van der Waals surface area (Å²) in [5, 5.41) is 0. The lowest BCUT2D eigenvalue weighted by molar-refractivity contribution is -0.136. The van der Waals surface area contributed by atoms with Gasteiger partial charge in [-0.3, -0.25) is 14.6 Å². The largest absolute Gasteiger partial charge is 0.493 e. The lowest BCUT2D eigenvalue weighted by Gasteiger charge is -2.48. The van der Waals surface area contributed by atoms with Crippen molar-refractivity contribution in [3.63, 3.8) is 0 Å². The molecule has 1 spiro atoms. The number of methoxy groups -OCH3 is 2. The summed E-state index contributed by atoms with van der Waals surface area (Å²) in [6.45, 7) is 1.88. The van der Waals surface area contributed by atoms with Crippen LogP contribution in [0.3, 0.4) is 0 Å². The van der Waals surface area contributed by atoms with Crippen molar-refractivity contribution in [1.29, 1.82) is 0 Å². The van der Waals surface area contributed by atoms with Crippen LogP contribution in [-0.2, 0) is 28.8 Å². The minimum absolute atomic E-state index is 0.0909. The smallest absolute Gasteiger partial charge is 0.248 e. The Bertz CT molecular complexity index is 1760. The zero-order valence-electron chi connectivity index (χ0n) is 26.2.